The summed E-state index contributed by atoms with van der Waals surface area (Å²) in [5.74, 6) is -0.403. The molecule has 0 bridgehead atoms. The Morgan fingerprint density at radius 2 is 1.47 bits per heavy atom. The van der Waals surface area contributed by atoms with Crippen LogP contribution in [0, 0.1) is 0 Å². The van der Waals surface area contributed by atoms with Crippen LogP contribution < -0.4 is 10.1 Å². The van der Waals surface area contributed by atoms with Crippen molar-refractivity contribution in [1.29, 1.82) is 0 Å². The normalized spacial score (nSPS) is 11.1. The van der Waals surface area contributed by atoms with Gasteiger partial charge in [0.25, 0.3) is 5.91 Å². The number of benzene rings is 3. The number of ether oxygens (including phenoxy) is 1. The molecule has 30 heavy (non-hydrogen) atoms. The lowest BCUT2D eigenvalue weighted by atomic mass is 9.99. The van der Waals surface area contributed by atoms with E-state index >= 15 is 0 Å². The van der Waals surface area contributed by atoms with Gasteiger partial charge in [0.15, 0.2) is 6.61 Å². The highest BCUT2D eigenvalue weighted by Gasteiger charge is 2.16. The van der Waals surface area contributed by atoms with Crippen LogP contribution in [0.1, 0.15) is 22.7 Å². The second kappa shape index (κ2) is 10.7. The van der Waals surface area contributed by atoms with Gasteiger partial charge in [-0.1, -0.05) is 78.0 Å². The average Bonchev–Trinajstić information content (AvgIpc) is 2.77. The van der Waals surface area contributed by atoms with Crippen molar-refractivity contribution in [2.45, 2.75) is 12.7 Å². The number of alkyl halides is 2. The molecule has 0 aliphatic carbocycles. The molecule has 0 saturated carbocycles. The van der Waals surface area contributed by atoms with E-state index in [-0.39, 0.29) is 24.3 Å². The topological polar surface area (TPSA) is 59.9 Å². The third-order valence-corrected chi connectivity index (χ3v) is 4.17. The van der Waals surface area contributed by atoms with Crippen molar-refractivity contribution in [2.75, 3.05) is 6.61 Å². The number of amides is 1. The second-order valence-corrected chi connectivity index (χ2v) is 6.25. The zero-order valence-corrected chi connectivity index (χ0v) is 15.9. The molecule has 7 heteroatoms. The summed E-state index contributed by atoms with van der Waals surface area (Å²) in [6, 6.07) is 24.9. The van der Waals surface area contributed by atoms with Crippen LogP contribution in [-0.4, -0.2) is 25.3 Å². The molecule has 0 aliphatic rings. The molecule has 5 nitrogen and oxygen atoms in total. The minimum absolute atomic E-state index is 0.0301. The number of oxime groups is 1. The number of hydrogen-bond donors (Lipinski definition) is 1. The number of para-hydroxylation sites is 1. The highest BCUT2D eigenvalue weighted by atomic mass is 19.3. The number of carbonyl (C=O) groups excluding carboxylic acids is 1. The van der Waals surface area contributed by atoms with E-state index in [2.05, 4.69) is 15.2 Å². The smallest absolute Gasteiger partial charge is 0.387 e. The van der Waals surface area contributed by atoms with E-state index in [1.807, 2.05) is 60.7 Å². The summed E-state index contributed by atoms with van der Waals surface area (Å²) >= 11 is 0. The number of carbonyl (C=O) groups is 1. The summed E-state index contributed by atoms with van der Waals surface area (Å²) in [5.41, 5.74) is 2.17. The van der Waals surface area contributed by atoms with Crippen LogP contribution in [0.3, 0.4) is 0 Å². The van der Waals surface area contributed by atoms with Crippen LogP contribution in [-0.2, 0) is 9.63 Å². The van der Waals surface area contributed by atoms with Crippen molar-refractivity contribution in [3.8, 4) is 5.75 Å². The Kier molecular flexibility index (Phi) is 7.49. The molecule has 1 N–H and O–H groups in total. The summed E-state index contributed by atoms with van der Waals surface area (Å²) in [6.07, 6.45) is 1.22. The Hall–Kier alpha value is -3.74. The number of hydrogen-bond acceptors (Lipinski definition) is 4. The van der Waals surface area contributed by atoms with Gasteiger partial charge in [0.05, 0.1) is 12.3 Å². The molecule has 1 amide bonds. The van der Waals surface area contributed by atoms with Crippen LogP contribution >= 0.6 is 0 Å². The fourth-order valence-electron chi connectivity index (χ4n) is 2.83. The quantitative estimate of drug-likeness (QED) is 0.416. The van der Waals surface area contributed by atoms with Crippen LogP contribution in [0.4, 0.5) is 8.78 Å². The molecule has 0 unspecified atom stereocenters. The molecule has 0 aliphatic heterocycles. The lowest BCUT2D eigenvalue weighted by Crippen LogP contribution is -2.31. The van der Waals surface area contributed by atoms with Crippen LogP contribution in [0.15, 0.2) is 90.1 Å². The number of nitrogens with zero attached hydrogens (tertiary/aromatic N) is 1. The molecule has 3 rings (SSSR count). The van der Waals surface area contributed by atoms with Gasteiger partial charge in [-0.2, -0.15) is 8.78 Å². The van der Waals surface area contributed by atoms with Crippen molar-refractivity contribution < 1.29 is 23.1 Å². The van der Waals surface area contributed by atoms with E-state index in [9.17, 15) is 13.6 Å². The minimum Gasteiger partial charge on any atom is -0.434 e. The Morgan fingerprint density at radius 3 is 2.07 bits per heavy atom. The first kappa shape index (κ1) is 21.0. The standard InChI is InChI=1S/C23H20F2N2O3/c24-23(25)30-20-14-8-7-13-19(20)15-26-29-16-21(28)27-22(17-9-3-1-4-10-17)18-11-5-2-6-12-18/h1-15,22-23H,16H2,(H,27,28)/b26-15+. The van der Waals surface area contributed by atoms with Gasteiger partial charge in [-0.05, 0) is 23.3 Å². The molecule has 3 aromatic rings. The van der Waals surface area contributed by atoms with E-state index in [4.69, 9.17) is 4.84 Å². The molecule has 0 aromatic heterocycles. The summed E-state index contributed by atoms with van der Waals surface area (Å²) in [7, 11) is 0. The lowest BCUT2D eigenvalue weighted by Gasteiger charge is -2.19. The Balaban J connectivity index is 1.61. The maximum atomic E-state index is 12.4. The molecule has 3 aromatic carbocycles. The third kappa shape index (κ3) is 6.13. The van der Waals surface area contributed by atoms with Gasteiger partial charge in [0.1, 0.15) is 5.75 Å². The van der Waals surface area contributed by atoms with E-state index in [0.717, 1.165) is 11.1 Å². The molecule has 0 atom stereocenters. The largest absolute Gasteiger partial charge is 0.434 e. The van der Waals surface area contributed by atoms with Crippen molar-refractivity contribution >= 4 is 12.1 Å². The molecule has 0 heterocycles. The number of nitrogens with one attached hydrogen (secondary N) is 1. The third-order valence-electron chi connectivity index (χ3n) is 4.17. The van der Waals surface area contributed by atoms with E-state index in [1.54, 1.807) is 18.2 Å². The van der Waals surface area contributed by atoms with Gasteiger partial charge < -0.3 is 14.9 Å². The molecule has 0 fully saturated rings. The lowest BCUT2D eigenvalue weighted by molar-refractivity contribution is -0.126. The predicted molar refractivity (Wildman–Crippen MR) is 109 cm³/mol. The van der Waals surface area contributed by atoms with Crippen molar-refractivity contribution in [1.82, 2.24) is 5.32 Å². The molecule has 154 valence electrons. The summed E-state index contributed by atoms with van der Waals surface area (Å²) in [4.78, 5) is 17.4. The first-order valence-corrected chi connectivity index (χ1v) is 9.22. The molecule has 0 saturated heterocycles. The Morgan fingerprint density at radius 1 is 0.900 bits per heavy atom. The Labute approximate surface area is 172 Å². The zero-order chi connectivity index (χ0) is 21.2. The predicted octanol–water partition coefficient (Wildman–Crippen LogP) is 4.54. The van der Waals surface area contributed by atoms with E-state index in [1.165, 1.54) is 12.3 Å². The zero-order valence-electron chi connectivity index (χ0n) is 15.9. The maximum Gasteiger partial charge on any atom is 0.387 e. The average molecular weight is 410 g/mol. The fraction of sp³-hybridized carbons (Fsp3) is 0.130. The first-order chi connectivity index (χ1) is 14.6. The maximum absolute atomic E-state index is 12.4. The van der Waals surface area contributed by atoms with Crippen molar-refractivity contribution in [2.24, 2.45) is 5.16 Å². The van der Waals surface area contributed by atoms with Crippen LogP contribution in [0.25, 0.3) is 0 Å². The summed E-state index contributed by atoms with van der Waals surface area (Å²) in [5, 5.41) is 6.62. The molecular weight excluding hydrogens is 390 g/mol. The second-order valence-electron chi connectivity index (χ2n) is 6.25. The highest BCUT2D eigenvalue weighted by molar-refractivity contribution is 5.83. The van der Waals surface area contributed by atoms with E-state index < -0.39 is 6.61 Å². The first-order valence-electron chi connectivity index (χ1n) is 9.22. The summed E-state index contributed by atoms with van der Waals surface area (Å²) < 4.78 is 29.3. The highest BCUT2D eigenvalue weighted by Crippen LogP contribution is 2.21. The van der Waals surface area contributed by atoms with Gasteiger partial charge >= 0.3 is 6.61 Å². The minimum atomic E-state index is -2.95. The van der Waals surface area contributed by atoms with Crippen LogP contribution in [0.2, 0.25) is 0 Å². The van der Waals surface area contributed by atoms with Gasteiger partial charge in [-0.3, -0.25) is 4.79 Å². The van der Waals surface area contributed by atoms with Crippen molar-refractivity contribution in [3.05, 3.63) is 102 Å². The summed E-state index contributed by atoms with van der Waals surface area (Å²) in [6.45, 7) is -3.27. The van der Waals surface area contributed by atoms with Gasteiger partial charge in [-0.15, -0.1) is 0 Å². The molecule has 0 spiro atoms. The van der Waals surface area contributed by atoms with Crippen LogP contribution in [0.5, 0.6) is 5.75 Å². The molecule has 0 radical (unpaired) electrons. The number of rotatable bonds is 9. The monoisotopic (exact) mass is 410 g/mol. The SMILES string of the molecule is O=C(CO/N=C/c1ccccc1OC(F)F)NC(c1ccccc1)c1ccccc1. The molecular formula is C23H20F2N2O3. The Bertz CT molecular complexity index is 927. The van der Waals surface area contributed by atoms with E-state index in [0.29, 0.717) is 5.56 Å². The van der Waals surface area contributed by atoms with Gasteiger partial charge in [-0.25, -0.2) is 0 Å². The number of halogens is 2. The van der Waals surface area contributed by atoms with Crippen molar-refractivity contribution in [3.63, 3.8) is 0 Å². The van der Waals surface area contributed by atoms with Gasteiger partial charge in [0.2, 0.25) is 0 Å². The van der Waals surface area contributed by atoms with Gasteiger partial charge in [0, 0.05) is 5.56 Å². The fourth-order valence-corrected chi connectivity index (χ4v) is 2.83.